The topological polar surface area (TPSA) is 112 Å². The Labute approximate surface area is 281 Å². The van der Waals surface area contributed by atoms with Crippen LogP contribution in [0.5, 0.6) is 5.75 Å². The first kappa shape index (κ1) is 38.1. The third-order valence-electron chi connectivity index (χ3n) is 9.27. The second-order valence-electron chi connectivity index (χ2n) is 14.1. The number of carbonyl (C=O) groups is 3. The summed E-state index contributed by atoms with van der Waals surface area (Å²) in [4.78, 5) is 40.4. The molecule has 1 aliphatic rings. The minimum absolute atomic E-state index is 0.0101. The molecule has 0 aromatic heterocycles. The highest BCUT2D eigenvalue weighted by Crippen LogP contribution is 2.38. The number of amides is 2. The lowest BCUT2D eigenvalue weighted by Crippen LogP contribution is -2.46. The summed E-state index contributed by atoms with van der Waals surface area (Å²) in [6.45, 7) is 16.8. The average Bonchev–Trinajstić information content (AvgIpc) is 3.38. The molecule has 1 saturated heterocycles. The molecule has 1 aliphatic heterocycles. The molecule has 0 aliphatic carbocycles. The molecule has 47 heavy (non-hydrogen) atoms. The van der Waals surface area contributed by atoms with Crippen molar-refractivity contribution in [3.63, 3.8) is 0 Å². The Morgan fingerprint density at radius 1 is 1.06 bits per heavy atom. The molecular formula is C37H53NO8Si. The third kappa shape index (κ3) is 10.6. The van der Waals surface area contributed by atoms with Crippen molar-refractivity contribution >= 4 is 26.1 Å². The number of carbonyl (C=O) groups excluding carboxylic acids is 3. The van der Waals surface area contributed by atoms with E-state index in [1.807, 2.05) is 61.5 Å². The molecular weight excluding hydrogens is 614 g/mol. The van der Waals surface area contributed by atoms with Crippen LogP contribution in [0.4, 0.5) is 4.79 Å². The van der Waals surface area contributed by atoms with Gasteiger partial charge < -0.3 is 23.7 Å². The smallest absolute Gasteiger partial charge is 0.417 e. The number of hydrogen-bond donors (Lipinski definition) is 1. The molecule has 10 heteroatoms. The van der Waals surface area contributed by atoms with E-state index in [4.69, 9.17) is 18.6 Å². The van der Waals surface area contributed by atoms with E-state index in [0.717, 1.165) is 27.3 Å². The van der Waals surface area contributed by atoms with E-state index in [1.165, 1.54) is 6.92 Å². The predicted molar refractivity (Wildman–Crippen MR) is 185 cm³/mol. The summed E-state index contributed by atoms with van der Waals surface area (Å²) in [6, 6.07) is 16.7. The highest BCUT2D eigenvalue weighted by atomic mass is 28.4. The molecule has 0 spiro atoms. The first-order valence-corrected chi connectivity index (χ1v) is 19.3. The zero-order valence-electron chi connectivity index (χ0n) is 29.4. The number of methoxy groups -OCH3 is 1. The largest absolute Gasteiger partial charge is 0.497 e. The second-order valence-corrected chi connectivity index (χ2v) is 18.9. The highest BCUT2D eigenvalue weighted by Gasteiger charge is 2.43. The molecule has 0 unspecified atom stereocenters. The van der Waals surface area contributed by atoms with Gasteiger partial charge in [-0.1, -0.05) is 81.8 Å². The number of nitrogens with zero attached hydrogens (tertiary/aromatic N) is 1. The minimum Gasteiger partial charge on any atom is -0.497 e. The van der Waals surface area contributed by atoms with Gasteiger partial charge in [0.25, 0.3) is 0 Å². The lowest BCUT2D eigenvalue weighted by atomic mass is 9.88. The zero-order valence-corrected chi connectivity index (χ0v) is 30.4. The lowest BCUT2D eigenvalue weighted by Gasteiger charge is -2.39. The van der Waals surface area contributed by atoms with Gasteiger partial charge in [0.1, 0.15) is 12.4 Å². The van der Waals surface area contributed by atoms with Gasteiger partial charge in [0.05, 0.1) is 44.5 Å². The van der Waals surface area contributed by atoms with Gasteiger partial charge in [-0.15, -0.1) is 0 Å². The Bertz CT molecular complexity index is 1370. The first-order chi connectivity index (χ1) is 22.0. The van der Waals surface area contributed by atoms with E-state index in [9.17, 15) is 19.5 Å². The van der Waals surface area contributed by atoms with Crippen molar-refractivity contribution in [3.8, 4) is 5.75 Å². The molecule has 5 atom stereocenters. The molecule has 1 fully saturated rings. The van der Waals surface area contributed by atoms with E-state index < -0.39 is 50.1 Å². The Morgan fingerprint density at radius 2 is 1.70 bits per heavy atom. The van der Waals surface area contributed by atoms with Crippen LogP contribution in [0.2, 0.25) is 18.1 Å². The monoisotopic (exact) mass is 667 g/mol. The number of ketones is 1. The number of aliphatic hydroxyl groups excluding tert-OH is 1. The first-order valence-electron chi connectivity index (χ1n) is 16.4. The molecule has 2 aromatic rings. The molecule has 9 nitrogen and oxygen atoms in total. The van der Waals surface area contributed by atoms with E-state index in [1.54, 1.807) is 20.1 Å². The lowest BCUT2D eigenvalue weighted by molar-refractivity contribution is -0.141. The second kappa shape index (κ2) is 16.7. The van der Waals surface area contributed by atoms with Crippen molar-refractivity contribution < 1.29 is 38.1 Å². The van der Waals surface area contributed by atoms with Crippen LogP contribution in [0.3, 0.4) is 0 Å². The van der Waals surface area contributed by atoms with Gasteiger partial charge >= 0.3 is 6.09 Å². The summed E-state index contributed by atoms with van der Waals surface area (Å²) in [7, 11) is -0.522. The fraction of sp³-hybridized carbons (Fsp3) is 0.541. The SMILES string of the molecule is COc1ccc(COC[C@H](C/C(C)=C/[C@@H](O)[C@@H](C)C(=O)[C@H](C)C(=O)N2C(=O)OC[C@@H]2Cc2ccccc2)O[Si](C)(C)C(C)(C)C)cc1. The molecule has 2 amide bonds. The molecule has 1 heterocycles. The Kier molecular flexibility index (Phi) is 13.5. The minimum atomic E-state index is -2.15. The van der Waals surface area contributed by atoms with Gasteiger partial charge in [0.15, 0.2) is 14.1 Å². The van der Waals surface area contributed by atoms with Crippen molar-refractivity contribution in [2.24, 2.45) is 11.8 Å². The van der Waals surface area contributed by atoms with Crippen molar-refractivity contribution in [3.05, 3.63) is 77.4 Å². The zero-order chi connectivity index (χ0) is 34.9. The van der Waals surface area contributed by atoms with Gasteiger partial charge in [0.2, 0.25) is 5.91 Å². The number of aliphatic hydroxyl groups is 1. The quantitative estimate of drug-likeness (QED) is 0.119. The van der Waals surface area contributed by atoms with Crippen LogP contribution in [-0.2, 0) is 36.5 Å². The fourth-order valence-electron chi connectivity index (χ4n) is 5.28. The number of benzene rings is 2. The summed E-state index contributed by atoms with van der Waals surface area (Å²) in [5, 5.41) is 11.1. The van der Waals surface area contributed by atoms with Crippen molar-refractivity contribution in [2.75, 3.05) is 20.3 Å². The normalized spacial score (nSPS) is 18.3. The molecule has 3 rings (SSSR count). The van der Waals surface area contributed by atoms with Gasteiger partial charge in [-0.25, -0.2) is 9.69 Å². The van der Waals surface area contributed by atoms with E-state index in [-0.39, 0.29) is 17.7 Å². The standard InChI is InChI=1S/C37H53NO8Si/c1-25(19-32(46-47(8,9)37(4,5)6)24-44-22-29-15-17-31(43-7)18-16-29)20-33(39)26(2)34(40)27(3)35(41)38-30(23-45-36(38)42)21-28-13-11-10-12-14-28/h10-18,20,26-27,30,32-33,39H,19,21-24H2,1-9H3/b25-20+/t26-,27+,30+,32+,33-/m1/s1. The number of rotatable bonds is 16. The maximum absolute atomic E-state index is 13.4. The number of imide groups is 1. The van der Waals surface area contributed by atoms with E-state index >= 15 is 0 Å². The summed E-state index contributed by atoms with van der Waals surface area (Å²) >= 11 is 0. The van der Waals surface area contributed by atoms with Gasteiger partial charge in [-0.2, -0.15) is 0 Å². The van der Waals surface area contributed by atoms with Crippen LogP contribution in [0, 0.1) is 11.8 Å². The van der Waals surface area contributed by atoms with Crippen LogP contribution >= 0.6 is 0 Å². The summed E-state index contributed by atoms with van der Waals surface area (Å²) in [5.74, 6) is -2.28. The number of hydrogen-bond acceptors (Lipinski definition) is 8. The van der Waals surface area contributed by atoms with Gasteiger partial charge in [-0.05, 0) is 68.1 Å². The maximum atomic E-state index is 13.4. The third-order valence-corrected chi connectivity index (χ3v) is 13.8. The summed E-state index contributed by atoms with van der Waals surface area (Å²) in [6.07, 6.45) is 0.461. The summed E-state index contributed by atoms with van der Waals surface area (Å²) < 4.78 is 23.3. The Morgan fingerprint density at radius 3 is 2.30 bits per heavy atom. The molecule has 2 aromatic carbocycles. The van der Waals surface area contributed by atoms with Crippen LogP contribution in [0.15, 0.2) is 66.2 Å². The van der Waals surface area contributed by atoms with Crippen LogP contribution in [-0.4, -0.2) is 74.7 Å². The van der Waals surface area contributed by atoms with Crippen LogP contribution < -0.4 is 4.74 Å². The highest BCUT2D eigenvalue weighted by molar-refractivity contribution is 6.74. The fourth-order valence-corrected chi connectivity index (χ4v) is 6.62. The number of Topliss-reactive ketones (excluding diaryl/α,β-unsaturated/α-hetero) is 1. The molecule has 258 valence electrons. The maximum Gasteiger partial charge on any atom is 0.417 e. The van der Waals surface area contributed by atoms with Gasteiger partial charge in [0, 0.05) is 5.92 Å². The van der Waals surface area contributed by atoms with E-state index in [0.29, 0.717) is 26.1 Å². The van der Waals surface area contributed by atoms with Gasteiger partial charge in [-0.3, -0.25) is 9.59 Å². The van der Waals surface area contributed by atoms with Crippen molar-refractivity contribution in [2.45, 2.75) is 97.4 Å². The summed E-state index contributed by atoms with van der Waals surface area (Å²) in [5.41, 5.74) is 2.82. The average molecular weight is 668 g/mol. The number of ether oxygens (including phenoxy) is 3. The number of cyclic esters (lactones) is 1. The molecule has 0 saturated carbocycles. The van der Waals surface area contributed by atoms with Crippen LogP contribution in [0.1, 0.15) is 59.1 Å². The van der Waals surface area contributed by atoms with E-state index in [2.05, 4.69) is 33.9 Å². The van der Waals surface area contributed by atoms with Crippen molar-refractivity contribution in [1.29, 1.82) is 0 Å². The molecule has 1 N–H and O–H groups in total. The van der Waals surface area contributed by atoms with Crippen molar-refractivity contribution in [1.82, 2.24) is 4.90 Å². The Hall–Kier alpha value is -3.31. The van der Waals surface area contributed by atoms with Crippen LogP contribution in [0.25, 0.3) is 0 Å². The molecule has 0 bridgehead atoms. The molecule has 0 radical (unpaired) electrons. The predicted octanol–water partition coefficient (Wildman–Crippen LogP) is 6.73. The Balaban J connectivity index is 1.66.